The van der Waals surface area contributed by atoms with Crippen LogP contribution in [0.25, 0.3) is 0 Å². The minimum atomic E-state index is -0.564. The van der Waals surface area contributed by atoms with Gasteiger partial charge in [0, 0.05) is 12.3 Å². The molecule has 0 aromatic heterocycles. The molecule has 122 valence electrons. The zero-order valence-electron chi connectivity index (χ0n) is 13.1. The minimum Gasteiger partial charge on any atom is -0.462 e. The Morgan fingerprint density at radius 3 is 2.91 bits per heavy atom. The van der Waals surface area contributed by atoms with Crippen LogP contribution in [0.15, 0.2) is 23.8 Å². The first-order chi connectivity index (χ1) is 10.5. The zero-order valence-corrected chi connectivity index (χ0v) is 13.1. The first-order valence-corrected chi connectivity index (χ1v) is 8.48. The van der Waals surface area contributed by atoms with Gasteiger partial charge >= 0.3 is 5.97 Å². The number of allylic oxidation sites excluding steroid dienone is 3. The van der Waals surface area contributed by atoms with Crippen molar-refractivity contribution in [3.63, 3.8) is 0 Å². The van der Waals surface area contributed by atoms with Crippen molar-refractivity contribution < 1.29 is 19.7 Å². The van der Waals surface area contributed by atoms with E-state index in [1.807, 2.05) is 0 Å². The predicted molar refractivity (Wildman–Crippen MR) is 83.0 cm³/mol. The maximum Gasteiger partial charge on any atom is 0.308 e. The van der Waals surface area contributed by atoms with E-state index < -0.39 is 6.10 Å². The van der Waals surface area contributed by atoms with E-state index in [9.17, 15) is 15.0 Å². The van der Waals surface area contributed by atoms with E-state index in [0.717, 1.165) is 25.7 Å². The van der Waals surface area contributed by atoms with Gasteiger partial charge in [0.1, 0.15) is 6.10 Å². The second-order valence-electron chi connectivity index (χ2n) is 7.04. The number of esters is 1. The molecule has 3 aliphatic rings. The highest BCUT2D eigenvalue weighted by Gasteiger charge is 2.38. The summed E-state index contributed by atoms with van der Waals surface area (Å²) >= 11 is 0. The molecule has 1 saturated heterocycles. The van der Waals surface area contributed by atoms with Gasteiger partial charge in [0.15, 0.2) is 0 Å². The minimum absolute atomic E-state index is 0.118. The Morgan fingerprint density at radius 2 is 2.14 bits per heavy atom. The van der Waals surface area contributed by atoms with Crippen LogP contribution in [0.2, 0.25) is 0 Å². The SMILES string of the molecule is C[C@H]1C=CC2=CCC[C@H](O)C2[C@H]1CC[C@@H]1C[C@@H](O)CC(=O)O1. The summed E-state index contributed by atoms with van der Waals surface area (Å²) in [5.74, 6) is 0.708. The number of cyclic esters (lactones) is 1. The molecule has 1 heterocycles. The fourth-order valence-corrected chi connectivity index (χ4v) is 4.26. The molecule has 2 aliphatic carbocycles. The molecule has 0 amide bonds. The number of carbonyl (C=O) groups is 1. The quantitative estimate of drug-likeness (QED) is 0.786. The second kappa shape index (κ2) is 6.55. The highest BCUT2D eigenvalue weighted by atomic mass is 16.5. The number of carbonyl (C=O) groups excluding carboxylic acids is 1. The predicted octanol–water partition coefficient (Wildman–Crippen LogP) is 2.35. The molecular weight excluding hydrogens is 280 g/mol. The molecule has 0 radical (unpaired) electrons. The first-order valence-electron chi connectivity index (χ1n) is 8.48. The van der Waals surface area contributed by atoms with Crippen molar-refractivity contribution in [1.82, 2.24) is 0 Å². The van der Waals surface area contributed by atoms with E-state index >= 15 is 0 Å². The van der Waals surface area contributed by atoms with Crippen LogP contribution in [0.1, 0.15) is 45.4 Å². The molecule has 1 fully saturated rings. The van der Waals surface area contributed by atoms with Crippen LogP contribution in [0.4, 0.5) is 0 Å². The fourth-order valence-electron chi connectivity index (χ4n) is 4.26. The Labute approximate surface area is 131 Å². The van der Waals surface area contributed by atoms with Crippen molar-refractivity contribution in [2.75, 3.05) is 0 Å². The van der Waals surface area contributed by atoms with Gasteiger partial charge < -0.3 is 14.9 Å². The van der Waals surface area contributed by atoms with Crippen LogP contribution in [0.5, 0.6) is 0 Å². The Morgan fingerprint density at radius 1 is 1.32 bits per heavy atom. The molecular formula is C18H26O4. The first kappa shape index (κ1) is 15.8. The van der Waals surface area contributed by atoms with Crippen molar-refractivity contribution >= 4 is 5.97 Å². The van der Waals surface area contributed by atoms with Gasteiger partial charge in [0.2, 0.25) is 0 Å². The highest BCUT2D eigenvalue weighted by Crippen LogP contribution is 2.42. The lowest BCUT2D eigenvalue weighted by molar-refractivity contribution is -0.160. The van der Waals surface area contributed by atoms with Gasteiger partial charge in [-0.25, -0.2) is 0 Å². The van der Waals surface area contributed by atoms with Gasteiger partial charge in [-0.05, 0) is 43.1 Å². The molecule has 6 atom stereocenters. The molecule has 0 aromatic carbocycles. The van der Waals surface area contributed by atoms with Crippen LogP contribution in [0, 0.1) is 17.8 Å². The van der Waals surface area contributed by atoms with E-state index in [0.29, 0.717) is 18.3 Å². The van der Waals surface area contributed by atoms with Crippen LogP contribution in [-0.2, 0) is 9.53 Å². The maximum absolute atomic E-state index is 11.4. The van der Waals surface area contributed by atoms with Crippen LogP contribution in [0.3, 0.4) is 0 Å². The van der Waals surface area contributed by atoms with E-state index in [4.69, 9.17) is 4.74 Å². The molecule has 0 aromatic rings. The third-order valence-corrected chi connectivity index (χ3v) is 5.43. The molecule has 1 unspecified atom stereocenters. The summed E-state index contributed by atoms with van der Waals surface area (Å²) in [6, 6.07) is 0. The lowest BCUT2D eigenvalue weighted by Crippen LogP contribution is -2.38. The van der Waals surface area contributed by atoms with Gasteiger partial charge in [-0.15, -0.1) is 0 Å². The summed E-state index contributed by atoms with van der Waals surface area (Å²) < 4.78 is 5.35. The number of aliphatic hydroxyl groups is 2. The van der Waals surface area contributed by atoms with E-state index in [1.54, 1.807) is 0 Å². The number of rotatable bonds is 3. The lowest BCUT2D eigenvalue weighted by atomic mass is 9.66. The smallest absolute Gasteiger partial charge is 0.308 e. The summed E-state index contributed by atoms with van der Waals surface area (Å²) in [5.41, 5.74) is 1.27. The summed E-state index contributed by atoms with van der Waals surface area (Å²) in [4.78, 5) is 11.4. The lowest BCUT2D eigenvalue weighted by Gasteiger charge is -2.40. The molecule has 22 heavy (non-hydrogen) atoms. The van der Waals surface area contributed by atoms with E-state index in [1.165, 1.54) is 5.57 Å². The Hall–Kier alpha value is -1.13. The number of hydrogen-bond donors (Lipinski definition) is 2. The molecule has 4 heteroatoms. The van der Waals surface area contributed by atoms with Crippen molar-refractivity contribution in [2.45, 2.75) is 63.8 Å². The number of fused-ring (bicyclic) bond motifs is 1. The Bertz CT molecular complexity index is 481. The topological polar surface area (TPSA) is 66.8 Å². The summed E-state index contributed by atoms with van der Waals surface area (Å²) in [6.45, 7) is 2.20. The third kappa shape index (κ3) is 3.28. The largest absolute Gasteiger partial charge is 0.462 e. The van der Waals surface area contributed by atoms with Crippen molar-refractivity contribution in [3.05, 3.63) is 23.8 Å². The van der Waals surface area contributed by atoms with Crippen molar-refractivity contribution in [3.8, 4) is 0 Å². The molecule has 2 N–H and O–H groups in total. The average Bonchev–Trinajstić information content (AvgIpc) is 2.46. The summed E-state index contributed by atoms with van der Waals surface area (Å²) in [5, 5.41) is 20.1. The Balaban J connectivity index is 1.65. The Kier molecular flexibility index (Phi) is 4.69. The molecule has 1 aliphatic heterocycles. The summed E-state index contributed by atoms with van der Waals surface area (Å²) in [7, 11) is 0. The van der Waals surface area contributed by atoms with Crippen LogP contribution < -0.4 is 0 Å². The monoisotopic (exact) mass is 306 g/mol. The van der Waals surface area contributed by atoms with Crippen LogP contribution in [-0.4, -0.2) is 34.5 Å². The van der Waals surface area contributed by atoms with E-state index in [-0.39, 0.29) is 30.5 Å². The fraction of sp³-hybridized carbons (Fsp3) is 0.722. The number of hydrogen-bond acceptors (Lipinski definition) is 4. The highest BCUT2D eigenvalue weighted by molar-refractivity contribution is 5.70. The van der Waals surface area contributed by atoms with Gasteiger partial charge in [-0.1, -0.05) is 25.2 Å². The number of ether oxygens (including phenoxy) is 1. The maximum atomic E-state index is 11.4. The summed E-state index contributed by atoms with van der Waals surface area (Å²) in [6.07, 6.45) is 9.75. The van der Waals surface area contributed by atoms with E-state index in [2.05, 4.69) is 25.2 Å². The van der Waals surface area contributed by atoms with Crippen molar-refractivity contribution in [2.24, 2.45) is 17.8 Å². The van der Waals surface area contributed by atoms with Gasteiger partial charge in [-0.3, -0.25) is 4.79 Å². The molecule has 0 saturated carbocycles. The average molecular weight is 306 g/mol. The van der Waals surface area contributed by atoms with Gasteiger partial charge in [0.05, 0.1) is 18.6 Å². The normalized spacial score (nSPS) is 41.6. The standard InChI is InChI=1S/C18H26O4/c1-11-5-6-12-3-2-4-16(20)18(12)15(11)8-7-14-9-13(19)10-17(21)22-14/h3,5-6,11,13-16,18-20H,2,4,7-10H2,1H3/t11-,13+,14+,15-,16-,18?/m0/s1. The molecule has 0 spiro atoms. The third-order valence-electron chi connectivity index (χ3n) is 5.43. The molecule has 4 nitrogen and oxygen atoms in total. The second-order valence-corrected chi connectivity index (χ2v) is 7.04. The zero-order chi connectivity index (χ0) is 15.7. The van der Waals surface area contributed by atoms with Gasteiger partial charge in [0.25, 0.3) is 0 Å². The number of aliphatic hydroxyl groups excluding tert-OH is 2. The molecule has 0 bridgehead atoms. The van der Waals surface area contributed by atoms with Gasteiger partial charge in [-0.2, -0.15) is 0 Å². The molecule has 3 rings (SSSR count). The van der Waals surface area contributed by atoms with Crippen LogP contribution >= 0.6 is 0 Å². The van der Waals surface area contributed by atoms with Crippen molar-refractivity contribution in [1.29, 1.82) is 0 Å².